The zero-order valence-corrected chi connectivity index (χ0v) is 8.50. The monoisotopic (exact) mass is 225 g/mol. The molecule has 0 aliphatic carbocycles. The van der Waals surface area contributed by atoms with Gasteiger partial charge in [0.1, 0.15) is 11.5 Å². The van der Waals surface area contributed by atoms with Crippen molar-refractivity contribution in [1.29, 1.82) is 0 Å². The molecule has 4 nitrogen and oxygen atoms in total. The topological polar surface area (TPSA) is 61.0 Å². The Kier molecular flexibility index (Phi) is 2.77. The first kappa shape index (κ1) is 9.85. The minimum Gasteiger partial charge on any atom is -0.485 e. The number of nitrogens with zero attached hydrogens (tertiary/aromatic N) is 2. The van der Waals surface area contributed by atoms with Crippen LogP contribution in [-0.2, 0) is 6.61 Å². The molecule has 0 unspecified atom stereocenters. The van der Waals surface area contributed by atoms with Crippen molar-refractivity contribution >= 4 is 17.4 Å². The molecule has 0 atom stereocenters. The highest BCUT2D eigenvalue weighted by molar-refractivity contribution is 7.05. The molecule has 6 heteroatoms. The SMILES string of the molecule is Nc1nnsc1COc1ccccc1F. The number of hydrogen-bond acceptors (Lipinski definition) is 5. The van der Waals surface area contributed by atoms with Crippen LogP contribution < -0.4 is 10.5 Å². The summed E-state index contributed by atoms with van der Waals surface area (Å²) in [5.74, 6) is 0.134. The molecule has 2 N–H and O–H groups in total. The molecule has 15 heavy (non-hydrogen) atoms. The van der Waals surface area contributed by atoms with Crippen LogP contribution in [0.1, 0.15) is 4.88 Å². The Hall–Kier alpha value is -1.69. The van der Waals surface area contributed by atoms with Gasteiger partial charge in [-0.15, -0.1) is 5.10 Å². The van der Waals surface area contributed by atoms with Gasteiger partial charge in [0, 0.05) is 0 Å². The third-order valence-corrected chi connectivity index (χ3v) is 2.49. The zero-order chi connectivity index (χ0) is 10.7. The molecule has 78 valence electrons. The van der Waals surface area contributed by atoms with Gasteiger partial charge in [-0.05, 0) is 23.7 Å². The molecule has 1 aromatic heterocycles. The Bertz CT molecular complexity index is 460. The molecule has 2 rings (SSSR count). The number of anilines is 1. The van der Waals surface area contributed by atoms with Crippen LogP contribution in [0.5, 0.6) is 5.75 Å². The first-order valence-electron chi connectivity index (χ1n) is 4.21. The minimum absolute atomic E-state index is 0.185. The summed E-state index contributed by atoms with van der Waals surface area (Å²) in [5.41, 5.74) is 5.51. The lowest BCUT2D eigenvalue weighted by atomic mass is 10.3. The van der Waals surface area contributed by atoms with Gasteiger partial charge in [0.05, 0.1) is 0 Å². The molecular formula is C9H8FN3OS. The van der Waals surface area contributed by atoms with Crippen LogP contribution in [0.4, 0.5) is 10.2 Å². The Morgan fingerprint density at radius 1 is 1.40 bits per heavy atom. The van der Waals surface area contributed by atoms with Crippen LogP contribution in [0.25, 0.3) is 0 Å². The number of nitrogens with two attached hydrogens (primary N) is 1. The second kappa shape index (κ2) is 4.22. The van der Waals surface area contributed by atoms with Gasteiger partial charge in [0.2, 0.25) is 0 Å². The van der Waals surface area contributed by atoms with Crippen molar-refractivity contribution in [3.63, 3.8) is 0 Å². The number of para-hydroxylation sites is 1. The fourth-order valence-corrected chi connectivity index (χ4v) is 1.49. The van der Waals surface area contributed by atoms with E-state index in [9.17, 15) is 4.39 Å². The van der Waals surface area contributed by atoms with Gasteiger partial charge in [0.15, 0.2) is 17.4 Å². The van der Waals surface area contributed by atoms with Gasteiger partial charge in [-0.2, -0.15) is 0 Å². The number of hydrogen-bond donors (Lipinski definition) is 1. The van der Waals surface area contributed by atoms with E-state index in [2.05, 4.69) is 9.59 Å². The Morgan fingerprint density at radius 3 is 2.87 bits per heavy atom. The lowest BCUT2D eigenvalue weighted by molar-refractivity contribution is 0.294. The highest BCUT2D eigenvalue weighted by Crippen LogP contribution is 2.19. The molecule has 0 saturated heterocycles. The molecule has 0 radical (unpaired) electrons. The van der Waals surface area contributed by atoms with Gasteiger partial charge in [-0.25, -0.2) is 4.39 Å². The number of benzene rings is 1. The molecule has 1 heterocycles. The maximum Gasteiger partial charge on any atom is 0.165 e. The summed E-state index contributed by atoms with van der Waals surface area (Å²) < 4.78 is 22.0. The summed E-state index contributed by atoms with van der Waals surface area (Å²) in [4.78, 5) is 0.693. The van der Waals surface area contributed by atoms with Crippen LogP contribution in [0.15, 0.2) is 24.3 Å². The minimum atomic E-state index is -0.395. The van der Waals surface area contributed by atoms with Crippen molar-refractivity contribution in [3.05, 3.63) is 35.0 Å². The third-order valence-electron chi connectivity index (χ3n) is 1.78. The second-order valence-corrected chi connectivity index (χ2v) is 3.64. The number of halogens is 1. The van der Waals surface area contributed by atoms with Gasteiger partial charge >= 0.3 is 0 Å². The van der Waals surface area contributed by atoms with Crippen molar-refractivity contribution in [1.82, 2.24) is 9.59 Å². The maximum absolute atomic E-state index is 13.1. The summed E-state index contributed by atoms with van der Waals surface area (Å²) in [5, 5.41) is 3.62. The predicted molar refractivity (Wildman–Crippen MR) is 55.1 cm³/mol. The summed E-state index contributed by atoms with van der Waals surface area (Å²) >= 11 is 1.14. The van der Waals surface area contributed by atoms with Crippen molar-refractivity contribution in [2.45, 2.75) is 6.61 Å². The molecule has 0 saturated carbocycles. The number of rotatable bonds is 3. The van der Waals surface area contributed by atoms with E-state index in [0.29, 0.717) is 10.7 Å². The van der Waals surface area contributed by atoms with E-state index in [1.54, 1.807) is 18.2 Å². The molecule has 0 spiro atoms. The van der Waals surface area contributed by atoms with Gasteiger partial charge < -0.3 is 10.5 Å². The van der Waals surface area contributed by atoms with E-state index in [4.69, 9.17) is 10.5 Å². The smallest absolute Gasteiger partial charge is 0.165 e. The van der Waals surface area contributed by atoms with Gasteiger partial charge in [-0.1, -0.05) is 16.6 Å². The maximum atomic E-state index is 13.1. The van der Waals surface area contributed by atoms with Gasteiger partial charge in [0.25, 0.3) is 0 Å². The average molecular weight is 225 g/mol. The van der Waals surface area contributed by atoms with E-state index in [1.165, 1.54) is 6.07 Å². The normalized spacial score (nSPS) is 10.2. The van der Waals surface area contributed by atoms with E-state index >= 15 is 0 Å². The molecular weight excluding hydrogens is 217 g/mol. The van der Waals surface area contributed by atoms with Crippen molar-refractivity contribution < 1.29 is 9.13 Å². The fourth-order valence-electron chi connectivity index (χ4n) is 1.02. The first-order chi connectivity index (χ1) is 7.27. The molecule has 0 bridgehead atoms. The fraction of sp³-hybridized carbons (Fsp3) is 0.111. The average Bonchev–Trinajstić information content (AvgIpc) is 2.63. The molecule has 0 aliphatic rings. The number of nitrogen functional groups attached to an aromatic ring is 1. The lowest BCUT2D eigenvalue weighted by Gasteiger charge is -2.04. The van der Waals surface area contributed by atoms with E-state index < -0.39 is 5.82 Å². The predicted octanol–water partition coefficient (Wildman–Crippen LogP) is 1.84. The summed E-state index contributed by atoms with van der Waals surface area (Å²) in [6.07, 6.45) is 0. The largest absolute Gasteiger partial charge is 0.485 e. The van der Waals surface area contributed by atoms with Crippen LogP contribution in [0.3, 0.4) is 0 Å². The molecule has 0 amide bonds. The highest BCUT2D eigenvalue weighted by Gasteiger charge is 2.06. The second-order valence-electron chi connectivity index (χ2n) is 2.80. The zero-order valence-electron chi connectivity index (χ0n) is 7.68. The van der Waals surface area contributed by atoms with Crippen molar-refractivity contribution in [2.75, 3.05) is 5.73 Å². The Morgan fingerprint density at radius 2 is 2.20 bits per heavy atom. The van der Waals surface area contributed by atoms with E-state index in [0.717, 1.165) is 11.5 Å². The van der Waals surface area contributed by atoms with Crippen molar-refractivity contribution in [3.8, 4) is 5.75 Å². The van der Waals surface area contributed by atoms with Crippen LogP contribution in [-0.4, -0.2) is 9.59 Å². The Balaban J connectivity index is 2.06. The van der Waals surface area contributed by atoms with E-state index in [1.807, 2.05) is 0 Å². The lowest BCUT2D eigenvalue weighted by Crippen LogP contribution is -1.98. The number of aromatic nitrogens is 2. The molecule has 0 aliphatic heterocycles. The van der Waals surface area contributed by atoms with Crippen LogP contribution in [0.2, 0.25) is 0 Å². The number of ether oxygens (including phenoxy) is 1. The highest BCUT2D eigenvalue weighted by atomic mass is 32.1. The Labute approximate surface area is 89.7 Å². The van der Waals surface area contributed by atoms with Crippen molar-refractivity contribution in [2.24, 2.45) is 0 Å². The third kappa shape index (κ3) is 2.21. The molecule has 0 fully saturated rings. The summed E-state index contributed by atoms with van der Waals surface area (Å²) in [7, 11) is 0. The van der Waals surface area contributed by atoms with Crippen LogP contribution >= 0.6 is 11.5 Å². The standard InChI is InChI=1S/C9H8FN3OS/c10-6-3-1-2-4-7(6)14-5-8-9(11)12-13-15-8/h1-4H,5,11H2. The first-order valence-corrected chi connectivity index (χ1v) is 4.99. The quantitative estimate of drug-likeness (QED) is 0.865. The summed E-state index contributed by atoms with van der Waals surface area (Å²) in [6, 6.07) is 6.20. The van der Waals surface area contributed by atoms with Gasteiger partial charge in [-0.3, -0.25) is 0 Å². The molecule has 1 aromatic carbocycles. The summed E-state index contributed by atoms with van der Waals surface area (Å²) in [6.45, 7) is 0.185. The van der Waals surface area contributed by atoms with Crippen LogP contribution in [0, 0.1) is 5.82 Å². The van der Waals surface area contributed by atoms with E-state index in [-0.39, 0.29) is 12.4 Å². The molecule has 2 aromatic rings.